The van der Waals surface area contributed by atoms with Crippen LogP contribution in [0.4, 0.5) is 5.69 Å². The second kappa shape index (κ2) is 5.92. The van der Waals surface area contributed by atoms with Gasteiger partial charge >= 0.3 is 0 Å². The van der Waals surface area contributed by atoms with E-state index in [1.807, 2.05) is 6.92 Å². The van der Waals surface area contributed by atoms with Crippen LogP contribution in [-0.2, 0) is 10.0 Å². The van der Waals surface area contributed by atoms with Gasteiger partial charge in [0, 0.05) is 21.2 Å². The number of aliphatic hydroxyl groups excluding tert-OH is 1. The summed E-state index contributed by atoms with van der Waals surface area (Å²) in [6.07, 6.45) is 0.745. The van der Waals surface area contributed by atoms with Crippen LogP contribution in [0, 0.1) is 5.92 Å². The van der Waals surface area contributed by atoms with Gasteiger partial charge in [-0.25, -0.2) is 8.42 Å². The van der Waals surface area contributed by atoms with Crippen molar-refractivity contribution in [2.24, 2.45) is 5.92 Å². The number of hydrogen-bond acceptors (Lipinski definition) is 4. The third-order valence-corrected chi connectivity index (χ3v) is 7.41. The van der Waals surface area contributed by atoms with Crippen LogP contribution in [0.3, 0.4) is 0 Å². The molecule has 3 N–H and O–H groups in total. The lowest BCUT2D eigenvalue weighted by Crippen LogP contribution is -2.40. The Bertz CT molecular complexity index is 598. The normalized spacial score (nSPS) is 24.2. The Morgan fingerprint density at radius 2 is 1.95 bits per heavy atom. The molecular weight excluding hydrogens is 412 g/mol. The maximum Gasteiger partial charge on any atom is 0.245 e. The maximum absolute atomic E-state index is 12.8. The van der Waals surface area contributed by atoms with E-state index in [0.29, 0.717) is 21.2 Å². The first-order chi connectivity index (χ1) is 9.28. The Hall–Kier alpha value is -0.150. The molecule has 0 aromatic heterocycles. The van der Waals surface area contributed by atoms with Crippen LogP contribution in [0.25, 0.3) is 0 Å². The summed E-state index contributed by atoms with van der Waals surface area (Å²) < 4.78 is 27.8. The van der Waals surface area contributed by atoms with Gasteiger partial charge in [0.1, 0.15) is 4.90 Å². The Morgan fingerprint density at radius 1 is 1.40 bits per heavy atom. The number of anilines is 1. The van der Waals surface area contributed by atoms with Crippen LogP contribution in [-0.4, -0.2) is 37.0 Å². The van der Waals surface area contributed by atoms with Crippen LogP contribution in [0.1, 0.15) is 13.3 Å². The quantitative estimate of drug-likeness (QED) is 0.724. The fourth-order valence-corrected chi connectivity index (χ4v) is 6.76. The molecule has 0 radical (unpaired) electrons. The molecule has 1 heterocycles. The Balaban J connectivity index is 2.51. The van der Waals surface area contributed by atoms with E-state index in [4.69, 9.17) is 5.73 Å². The number of nitrogen functional groups attached to an aromatic ring is 1. The van der Waals surface area contributed by atoms with Crippen molar-refractivity contribution in [2.45, 2.75) is 24.3 Å². The molecule has 5 nitrogen and oxygen atoms in total. The SMILES string of the molecule is CC1CCN(S(=O)(=O)c2c(Br)cc(N)cc2Br)C1CO. The topological polar surface area (TPSA) is 83.6 Å². The standard InChI is InChI=1S/C12H16Br2N2O3S/c1-7-2-3-16(11(7)6-17)20(18,19)12-9(13)4-8(15)5-10(12)14/h4-5,7,11,17H,2-3,6,15H2,1H3. The largest absolute Gasteiger partial charge is 0.399 e. The summed E-state index contributed by atoms with van der Waals surface area (Å²) in [6, 6.07) is 2.74. The van der Waals surface area contributed by atoms with Crippen molar-refractivity contribution < 1.29 is 13.5 Å². The Morgan fingerprint density at radius 3 is 2.45 bits per heavy atom. The van der Waals surface area contributed by atoms with Crippen LogP contribution in [0.5, 0.6) is 0 Å². The number of nitrogens with two attached hydrogens (primary N) is 1. The van der Waals surface area contributed by atoms with Gasteiger partial charge in [0.05, 0.1) is 12.6 Å². The first-order valence-electron chi connectivity index (χ1n) is 6.16. The van der Waals surface area contributed by atoms with Crippen molar-refractivity contribution in [1.29, 1.82) is 0 Å². The molecule has 1 aromatic carbocycles. The van der Waals surface area contributed by atoms with Crippen molar-refractivity contribution in [3.63, 3.8) is 0 Å². The second-order valence-electron chi connectivity index (χ2n) is 4.95. The number of aliphatic hydroxyl groups is 1. The summed E-state index contributed by atoms with van der Waals surface area (Å²) in [7, 11) is -3.69. The highest BCUT2D eigenvalue weighted by molar-refractivity contribution is 9.11. The van der Waals surface area contributed by atoms with Crippen LogP contribution >= 0.6 is 31.9 Å². The molecule has 0 amide bonds. The van der Waals surface area contributed by atoms with Gasteiger partial charge in [0.2, 0.25) is 10.0 Å². The highest BCUT2D eigenvalue weighted by atomic mass is 79.9. The zero-order valence-electron chi connectivity index (χ0n) is 10.9. The lowest BCUT2D eigenvalue weighted by molar-refractivity contribution is 0.191. The molecule has 1 saturated heterocycles. The van der Waals surface area contributed by atoms with E-state index >= 15 is 0 Å². The third-order valence-electron chi connectivity index (χ3n) is 3.61. The summed E-state index contributed by atoms with van der Waals surface area (Å²) in [4.78, 5) is 0.152. The van der Waals surface area contributed by atoms with Crippen LogP contribution < -0.4 is 5.73 Å². The zero-order valence-corrected chi connectivity index (χ0v) is 14.9. The molecule has 0 aliphatic carbocycles. The fourth-order valence-electron chi connectivity index (χ4n) is 2.49. The molecule has 0 saturated carbocycles. The fraction of sp³-hybridized carbons (Fsp3) is 0.500. The van der Waals surface area contributed by atoms with E-state index in [0.717, 1.165) is 6.42 Å². The molecule has 2 rings (SSSR count). The van der Waals surface area contributed by atoms with Crippen molar-refractivity contribution >= 4 is 47.6 Å². The second-order valence-corrected chi connectivity index (χ2v) is 8.48. The van der Waals surface area contributed by atoms with E-state index in [2.05, 4.69) is 31.9 Å². The molecule has 2 unspecified atom stereocenters. The molecule has 1 aromatic rings. The van der Waals surface area contributed by atoms with Crippen LogP contribution in [0.2, 0.25) is 0 Å². The predicted molar refractivity (Wildman–Crippen MR) is 84.8 cm³/mol. The van der Waals surface area contributed by atoms with E-state index in [-0.39, 0.29) is 23.5 Å². The monoisotopic (exact) mass is 426 g/mol. The molecule has 2 atom stereocenters. The third kappa shape index (κ3) is 2.76. The molecule has 20 heavy (non-hydrogen) atoms. The summed E-state index contributed by atoms with van der Waals surface area (Å²) in [5.74, 6) is 0.140. The molecule has 0 spiro atoms. The zero-order chi connectivity index (χ0) is 15.1. The van der Waals surface area contributed by atoms with Gasteiger partial charge in [-0.1, -0.05) is 6.92 Å². The molecule has 8 heteroatoms. The molecule has 1 aliphatic heterocycles. The van der Waals surface area contributed by atoms with E-state index in [1.54, 1.807) is 12.1 Å². The van der Waals surface area contributed by atoms with Crippen molar-refractivity contribution in [2.75, 3.05) is 18.9 Å². The maximum atomic E-state index is 12.8. The van der Waals surface area contributed by atoms with Gasteiger partial charge in [-0.2, -0.15) is 4.31 Å². The minimum atomic E-state index is -3.69. The van der Waals surface area contributed by atoms with Crippen LogP contribution in [0.15, 0.2) is 26.0 Å². The van der Waals surface area contributed by atoms with Gasteiger partial charge in [-0.3, -0.25) is 0 Å². The van der Waals surface area contributed by atoms with E-state index < -0.39 is 10.0 Å². The summed E-state index contributed by atoms with van der Waals surface area (Å²) in [5, 5.41) is 9.45. The van der Waals surface area contributed by atoms with Gasteiger partial charge < -0.3 is 10.8 Å². The van der Waals surface area contributed by atoms with Crippen molar-refractivity contribution in [3.8, 4) is 0 Å². The molecular formula is C12H16Br2N2O3S. The number of halogens is 2. The predicted octanol–water partition coefficient (Wildman–Crippen LogP) is 2.19. The first-order valence-corrected chi connectivity index (χ1v) is 9.19. The highest BCUT2D eigenvalue weighted by Gasteiger charge is 2.40. The lowest BCUT2D eigenvalue weighted by atomic mass is 10.0. The van der Waals surface area contributed by atoms with Gasteiger partial charge in [0.15, 0.2) is 0 Å². The van der Waals surface area contributed by atoms with Gasteiger partial charge in [-0.15, -0.1) is 0 Å². The smallest absolute Gasteiger partial charge is 0.245 e. The minimum absolute atomic E-state index is 0.140. The lowest BCUT2D eigenvalue weighted by Gasteiger charge is -2.25. The summed E-state index contributed by atoms with van der Waals surface area (Å²) >= 11 is 6.52. The Kier molecular flexibility index (Phi) is 4.80. The summed E-state index contributed by atoms with van der Waals surface area (Å²) in [5.41, 5.74) is 6.16. The average Bonchev–Trinajstić information content (AvgIpc) is 2.69. The minimum Gasteiger partial charge on any atom is -0.399 e. The van der Waals surface area contributed by atoms with Gasteiger partial charge in [-0.05, 0) is 56.3 Å². The number of rotatable bonds is 3. The van der Waals surface area contributed by atoms with Crippen molar-refractivity contribution in [3.05, 3.63) is 21.1 Å². The van der Waals surface area contributed by atoms with Gasteiger partial charge in [0.25, 0.3) is 0 Å². The average molecular weight is 428 g/mol. The number of hydrogen-bond donors (Lipinski definition) is 2. The molecule has 112 valence electrons. The molecule has 1 aliphatic rings. The Labute approximate surface area is 135 Å². The molecule has 0 bridgehead atoms. The van der Waals surface area contributed by atoms with E-state index in [1.165, 1.54) is 4.31 Å². The number of benzene rings is 1. The first kappa shape index (κ1) is 16.2. The number of sulfonamides is 1. The highest BCUT2D eigenvalue weighted by Crippen LogP contribution is 2.37. The summed E-state index contributed by atoms with van der Waals surface area (Å²) in [6.45, 7) is 2.19. The van der Waals surface area contributed by atoms with E-state index in [9.17, 15) is 13.5 Å². The molecule has 1 fully saturated rings. The number of nitrogens with zero attached hydrogens (tertiary/aromatic N) is 1. The van der Waals surface area contributed by atoms with Crippen molar-refractivity contribution in [1.82, 2.24) is 4.31 Å².